The maximum atomic E-state index is 12.7. The van der Waals surface area contributed by atoms with E-state index in [9.17, 15) is 19.2 Å². The first kappa shape index (κ1) is 14.6. The van der Waals surface area contributed by atoms with Crippen molar-refractivity contribution in [3.05, 3.63) is 63.8 Å². The summed E-state index contributed by atoms with van der Waals surface area (Å²) in [6, 6.07) is 6.53. The van der Waals surface area contributed by atoms with Crippen LogP contribution >= 0.6 is 0 Å². The number of nitrogens with one attached hydrogen (secondary N) is 1. The average Bonchev–Trinajstić information content (AvgIpc) is 2.44. The van der Waals surface area contributed by atoms with E-state index in [0.29, 0.717) is 10.3 Å². The molecule has 0 bridgehead atoms. The van der Waals surface area contributed by atoms with Gasteiger partial charge in [0.15, 0.2) is 5.75 Å². The van der Waals surface area contributed by atoms with Gasteiger partial charge in [0.1, 0.15) is 5.82 Å². The van der Waals surface area contributed by atoms with Gasteiger partial charge in [-0.2, -0.15) is 4.73 Å². The highest BCUT2D eigenvalue weighted by Gasteiger charge is 2.08. The molecule has 0 radical (unpaired) electrons. The summed E-state index contributed by atoms with van der Waals surface area (Å²) in [5, 5.41) is 21.1. The van der Waals surface area contributed by atoms with E-state index in [0.717, 1.165) is 12.3 Å². The van der Waals surface area contributed by atoms with Crippen LogP contribution < -0.4 is 10.7 Å². The number of pyridine rings is 1. The Morgan fingerprint density at radius 2 is 1.95 bits per heavy atom. The molecule has 7 heteroatoms. The van der Waals surface area contributed by atoms with Crippen LogP contribution in [-0.4, -0.2) is 21.0 Å². The van der Waals surface area contributed by atoms with Crippen molar-refractivity contribution in [2.75, 3.05) is 0 Å². The highest BCUT2D eigenvalue weighted by atomic mass is 19.1. The molecule has 1 amide bonds. The first-order valence-corrected chi connectivity index (χ1v) is 6.10. The monoisotopic (exact) mass is 292 g/mol. The highest BCUT2D eigenvalue weighted by molar-refractivity contribution is 5.78. The molecule has 0 atom stereocenters. The fraction of sp³-hybridized carbons (Fsp3) is 0.143. The average molecular weight is 292 g/mol. The van der Waals surface area contributed by atoms with Gasteiger partial charge in [-0.3, -0.25) is 9.59 Å². The lowest BCUT2D eigenvalue weighted by Gasteiger charge is -2.09. The quantitative estimate of drug-likeness (QED) is 0.727. The van der Waals surface area contributed by atoms with Gasteiger partial charge in [-0.15, -0.1) is 0 Å². The fourth-order valence-corrected chi connectivity index (χ4v) is 1.73. The van der Waals surface area contributed by atoms with Crippen LogP contribution in [0.1, 0.15) is 11.3 Å². The second kappa shape index (κ2) is 6.08. The van der Waals surface area contributed by atoms with Crippen molar-refractivity contribution >= 4 is 5.91 Å². The van der Waals surface area contributed by atoms with E-state index in [1.807, 2.05) is 0 Å². The van der Waals surface area contributed by atoms with E-state index in [1.165, 1.54) is 24.3 Å². The highest BCUT2D eigenvalue weighted by Crippen LogP contribution is 2.05. The van der Waals surface area contributed by atoms with Crippen molar-refractivity contribution in [2.45, 2.75) is 13.0 Å². The molecule has 0 unspecified atom stereocenters. The largest absolute Gasteiger partial charge is 0.503 e. The summed E-state index contributed by atoms with van der Waals surface area (Å²) in [6.45, 7) is -0.0773. The van der Waals surface area contributed by atoms with E-state index in [1.54, 1.807) is 0 Å². The molecule has 0 fully saturated rings. The van der Waals surface area contributed by atoms with Gasteiger partial charge in [0, 0.05) is 6.07 Å². The Morgan fingerprint density at radius 3 is 2.62 bits per heavy atom. The van der Waals surface area contributed by atoms with Crippen LogP contribution in [0.3, 0.4) is 0 Å². The molecule has 3 N–H and O–H groups in total. The number of amides is 1. The Balaban J connectivity index is 1.97. The second-order valence-electron chi connectivity index (χ2n) is 4.44. The summed E-state index contributed by atoms with van der Waals surface area (Å²) in [4.78, 5) is 22.9. The van der Waals surface area contributed by atoms with Crippen LogP contribution in [0.15, 0.2) is 41.3 Å². The van der Waals surface area contributed by atoms with Crippen LogP contribution in [0.2, 0.25) is 0 Å². The summed E-state index contributed by atoms with van der Waals surface area (Å²) in [7, 11) is 0. The minimum absolute atomic E-state index is 0.0496. The zero-order valence-electron chi connectivity index (χ0n) is 10.9. The Hall–Kier alpha value is -2.83. The molecule has 110 valence electrons. The number of aromatic nitrogens is 1. The molecule has 0 aliphatic rings. The maximum Gasteiger partial charge on any atom is 0.224 e. The number of hydrogen-bond acceptors (Lipinski definition) is 4. The zero-order chi connectivity index (χ0) is 15.4. The van der Waals surface area contributed by atoms with Crippen molar-refractivity contribution < 1.29 is 19.5 Å². The maximum absolute atomic E-state index is 12.7. The van der Waals surface area contributed by atoms with E-state index in [4.69, 9.17) is 5.11 Å². The Morgan fingerprint density at radius 1 is 1.29 bits per heavy atom. The second-order valence-corrected chi connectivity index (χ2v) is 4.44. The van der Waals surface area contributed by atoms with Gasteiger partial charge in [0.25, 0.3) is 0 Å². The van der Waals surface area contributed by atoms with Crippen LogP contribution in [0, 0.1) is 5.82 Å². The molecule has 0 spiro atoms. The Labute approximate surface area is 119 Å². The third-order valence-electron chi connectivity index (χ3n) is 2.83. The molecule has 1 aromatic carbocycles. The molecule has 0 saturated carbocycles. The van der Waals surface area contributed by atoms with Gasteiger partial charge in [0.05, 0.1) is 24.9 Å². The normalized spacial score (nSPS) is 10.3. The standard InChI is InChI=1S/C14H13FN2O4/c15-10-3-1-9(2-4-10)5-14(20)16-7-11-6-12(18)13(19)8-17(11)21/h1-4,6,8,19,21H,5,7H2,(H,16,20). The van der Waals surface area contributed by atoms with Gasteiger partial charge < -0.3 is 15.6 Å². The molecule has 2 aromatic rings. The van der Waals surface area contributed by atoms with Crippen molar-refractivity contribution in [1.82, 2.24) is 10.0 Å². The first-order chi connectivity index (χ1) is 9.95. The molecule has 21 heavy (non-hydrogen) atoms. The summed E-state index contributed by atoms with van der Waals surface area (Å²) in [5.41, 5.74) is 0.120. The molecule has 0 aliphatic heterocycles. The minimum atomic E-state index is -0.650. The number of benzene rings is 1. The van der Waals surface area contributed by atoms with Gasteiger partial charge >= 0.3 is 0 Å². The fourth-order valence-electron chi connectivity index (χ4n) is 1.73. The third kappa shape index (κ3) is 3.82. The minimum Gasteiger partial charge on any atom is -0.503 e. The van der Waals surface area contributed by atoms with Crippen molar-refractivity contribution in [2.24, 2.45) is 0 Å². The summed E-state index contributed by atoms with van der Waals surface area (Å²) >= 11 is 0. The van der Waals surface area contributed by atoms with E-state index >= 15 is 0 Å². The van der Waals surface area contributed by atoms with Crippen molar-refractivity contribution in [3.8, 4) is 5.75 Å². The third-order valence-corrected chi connectivity index (χ3v) is 2.83. The Kier molecular flexibility index (Phi) is 4.22. The van der Waals surface area contributed by atoms with Crippen LogP contribution in [-0.2, 0) is 17.8 Å². The molecular formula is C14H13FN2O4. The lowest BCUT2D eigenvalue weighted by molar-refractivity contribution is -0.120. The SMILES string of the molecule is O=C(Cc1ccc(F)cc1)NCc1cc(=O)c(O)cn1O. The lowest BCUT2D eigenvalue weighted by Crippen LogP contribution is -2.27. The first-order valence-electron chi connectivity index (χ1n) is 6.10. The molecule has 6 nitrogen and oxygen atoms in total. The zero-order valence-corrected chi connectivity index (χ0v) is 10.9. The van der Waals surface area contributed by atoms with Gasteiger partial charge in [-0.05, 0) is 17.7 Å². The van der Waals surface area contributed by atoms with E-state index in [2.05, 4.69) is 5.32 Å². The van der Waals surface area contributed by atoms with Crippen molar-refractivity contribution in [1.29, 1.82) is 0 Å². The number of carbonyl (C=O) groups excluding carboxylic acids is 1. The van der Waals surface area contributed by atoms with Gasteiger partial charge in [-0.1, -0.05) is 12.1 Å². The number of nitrogens with zero attached hydrogens (tertiary/aromatic N) is 1. The lowest BCUT2D eigenvalue weighted by atomic mass is 10.1. The predicted molar refractivity (Wildman–Crippen MR) is 71.5 cm³/mol. The van der Waals surface area contributed by atoms with Crippen molar-refractivity contribution in [3.63, 3.8) is 0 Å². The number of carbonyl (C=O) groups is 1. The topological polar surface area (TPSA) is 91.6 Å². The number of halogens is 1. The molecule has 0 saturated heterocycles. The summed E-state index contributed by atoms with van der Waals surface area (Å²) in [5.74, 6) is -1.31. The van der Waals surface area contributed by atoms with E-state index in [-0.39, 0.29) is 30.4 Å². The summed E-state index contributed by atoms with van der Waals surface area (Å²) in [6.07, 6.45) is 0.901. The van der Waals surface area contributed by atoms with Crippen LogP contribution in [0.4, 0.5) is 4.39 Å². The van der Waals surface area contributed by atoms with E-state index < -0.39 is 11.2 Å². The molecular weight excluding hydrogens is 279 g/mol. The smallest absolute Gasteiger partial charge is 0.224 e. The summed E-state index contributed by atoms with van der Waals surface area (Å²) < 4.78 is 13.3. The molecule has 1 heterocycles. The number of aromatic hydroxyl groups is 1. The molecule has 2 rings (SSSR count). The van der Waals surface area contributed by atoms with Gasteiger partial charge in [0.2, 0.25) is 11.3 Å². The predicted octanol–water partition coefficient (Wildman–Crippen LogP) is 0.789. The molecule has 1 aromatic heterocycles. The number of rotatable bonds is 4. The molecule has 0 aliphatic carbocycles. The number of hydrogen-bond donors (Lipinski definition) is 3. The van der Waals surface area contributed by atoms with Crippen LogP contribution in [0.5, 0.6) is 5.75 Å². The van der Waals surface area contributed by atoms with Crippen LogP contribution in [0.25, 0.3) is 0 Å². The Bertz CT molecular complexity index is 710. The van der Waals surface area contributed by atoms with Gasteiger partial charge in [-0.25, -0.2) is 4.39 Å².